The van der Waals surface area contributed by atoms with Gasteiger partial charge >= 0.3 is 17.9 Å². The molecular formula is C95H61F17N16O12. The molecule has 0 atom stereocenters. The first-order valence-corrected chi connectivity index (χ1v) is 42.1. The highest BCUT2D eigenvalue weighted by molar-refractivity contribution is 6.02. The molecule has 0 amide bonds. The van der Waals surface area contributed by atoms with E-state index in [2.05, 4.69) is 50.9 Å². The maximum atomic E-state index is 17.9. The second kappa shape index (κ2) is 36.8. The molecule has 0 fully saturated rings. The van der Waals surface area contributed by atoms with Crippen molar-refractivity contribution in [3.05, 3.63) is 302 Å². The topological polar surface area (TPSA) is 322 Å². The van der Waals surface area contributed by atoms with Crippen LogP contribution in [0.15, 0.2) is 130 Å². The molecule has 28 nitrogen and oxygen atoms in total. The highest BCUT2D eigenvalue weighted by Gasteiger charge is 2.38. The molecule has 45 heteroatoms. The van der Waals surface area contributed by atoms with Crippen molar-refractivity contribution in [3.8, 4) is 78.8 Å². The number of hydrogen-bond acceptors (Lipinski definition) is 20. The number of carbonyl (C=O) groups is 3. The Bertz CT molecular complexity index is 8150. The van der Waals surface area contributed by atoms with E-state index in [1.807, 2.05) is 0 Å². The van der Waals surface area contributed by atoms with Gasteiger partial charge in [-0.25, -0.2) is 86.7 Å². The molecule has 0 spiro atoms. The van der Waals surface area contributed by atoms with E-state index in [0.717, 1.165) is 32.6 Å². The Kier molecular flexibility index (Phi) is 24.5. The number of nitrogens with one attached hydrogen (secondary N) is 2. The van der Waals surface area contributed by atoms with Gasteiger partial charge in [-0.2, -0.15) is 26.3 Å². The van der Waals surface area contributed by atoms with Crippen LogP contribution in [0.4, 0.5) is 74.6 Å². The molecule has 18 rings (SSSR count). The standard InChI is InChI=1S/C95H61F17N16O12/c1-7-123-33-48(93(132)135-10-4)87(129)45-27-42(13-24-59(45)123)126-30-39(117-120-126)36-138-90-81(107)72(98)67(73(99)82(90)108)63-53-18-16-51(113-53)62(66-70(96)78(104)80(106)79(105)71(66)97)52-17-19-54(114-52)64(68-74(100)83(109)91(84(110)75(68)101)139-37-40-31-127(121-118-40)43-14-25-60-46(28-43)88(130)49(34-124(60)8-2)94(133)136-11-5)56-21-23-58(116-56)65(57-22-20-55(63)115-57)69-76(102)85(111)92(86(112)77(69)103)140-38-41-32-128(122-119-41)44-15-26-61-47(29-44)89(131)50(35-125(61)9-3)95(134)137-12-6/h13-35,113,116H,7-12,36-38H2,1-6H3. The summed E-state index contributed by atoms with van der Waals surface area (Å²) in [6, 6.07) is 15.6. The van der Waals surface area contributed by atoms with E-state index in [0.29, 0.717) is 65.1 Å². The number of nitrogens with zero attached hydrogens (tertiary/aromatic N) is 14. The number of aryl methyl sites for hydroxylation is 3. The fourth-order valence-corrected chi connectivity index (χ4v) is 16.3. The first-order chi connectivity index (χ1) is 67.2. The Morgan fingerprint density at radius 3 is 0.771 bits per heavy atom. The minimum atomic E-state index is -2.75. The number of halogens is 17. The average molecular weight is 1940 g/mol. The number of hydrogen-bond donors (Lipinski definition) is 2. The second-order valence-corrected chi connectivity index (χ2v) is 30.9. The van der Waals surface area contributed by atoms with Crippen LogP contribution >= 0.6 is 0 Å². The summed E-state index contributed by atoms with van der Waals surface area (Å²) in [5.74, 6) is -50.3. The van der Waals surface area contributed by atoms with Crippen LogP contribution in [0.3, 0.4) is 0 Å². The number of H-pyrrole nitrogens is 2. The number of benzene rings is 7. The van der Waals surface area contributed by atoms with E-state index in [1.54, 1.807) is 34.5 Å². The maximum absolute atomic E-state index is 17.9. The molecule has 8 bridgehead atoms. The van der Waals surface area contributed by atoms with Crippen molar-refractivity contribution in [3.63, 3.8) is 0 Å². The zero-order valence-electron chi connectivity index (χ0n) is 72.7. The SMILES string of the molecule is CCOC(=O)c1cn(CC)c2ccc(-n3cc(COc4c(F)c(F)c(-c5c6nc(c(-c7c(F)c(F)c(OCc8cn(-c9ccc%10c(c9)c(=O)c(C(=O)OCC)cn%10CC)nn8)c(F)c7F)c7ccc([nH]7)c(-c7c(F)c(F)c(OCc8cn(-c9ccc%10c(c9)c(=O)c(C(=O)OCC)cn%10CC)nn8)c(F)c7F)c7nc(c(-c8c(F)c(F)c(F)c(F)c8F)c8ccc5[nH]8)C=C7)C=C6)c(F)c4F)nn3)cc2c1=O. The molecule has 0 saturated carbocycles. The number of ether oxygens (including phenoxy) is 6. The predicted octanol–water partition coefficient (Wildman–Crippen LogP) is 18.7. The van der Waals surface area contributed by atoms with E-state index in [1.165, 1.54) is 94.0 Å². The Labute approximate surface area is 771 Å². The molecule has 140 heavy (non-hydrogen) atoms. The van der Waals surface area contributed by atoms with Crippen LogP contribution in [0.1, 0.15) is 112 Å². The van der Waals surface area contributed by atoms with E-state index < -0.39 is 260 Å². The van der Waals surface area contributed by atoms with Gasteiger partial charge in [0.1, 0.15) is 53.6 Å². The summed E-state index contributed by atoms with van der Waals surface area (Å²) < 4.78 is 330. The Morgan fingerprint density at radius 2 is 0.536 bits per heavy atom. The fourth-order valence-electron chi connectivity index (χ4n) is 16.3. The van der Waals surface area contributed by atoms with Crippen molar-refractivity contribution in [1.29, 1.82) is 0 Å². The molecule has 2 aliphatic rings. The number of pyridine rings is 3. The van der Waals surface area contributed by atoms with Gasteiger partial charge in [-0.1, -0.05) is 15.6 Å². The van der Waals surface area contributed by atoms with E-state index >= 15 is 74.6 Å². The van der Waals surface area contributed by atoms with Crippen molar-refractivity contribution < 1.29 is 117 Å². The average Bonchev–Trinajstić information content (AvgIpc) is 1.55. The summed E-state index contributed by atoms with van der Waals surface area (Å²) in [6.07, 6.45) is 9.91. The molecule has 2 aliphatic heterocycles. The first kappa shape index (κ1) is 93.2. The quantitative estimate of drug-likeness (QED) is 0.0176. The lowest BCUT2D eigenvalue weighted by atomic mass is 10.0. The van der Waals surface area contributed by atoms with Gasteiger partial charge in [0.15, 0.2) is 75.4 Å². The molecule has 0 unspecified atom stereocenters. The third-order valence-electron chi connectivity index (χ3n) is 22.8. The smallest absolute Gasteiger partial charge is 0.343 e. The lowest BCUT2D eigenvalue weighted by molar-refractivity contribution is 0.0514. The molecule has 0 saturated heterocycles. The summed E-state index contributed by atoms with van der Waals surface area (Å²) in [6.45, 7) is 7.17. The number of aromatic nitrogens is 16. The second-order valence-electron chi connectivity index (χ2n) is 30.9. The van der Waals surface area contributed by atoms with Crippen molar-refractivity contribution in [2.24, 2.45) is 0 Å². The summed E-state index contributed by atoms with van der Waals surface area (Å²) in [5.41, 5.74) is -23.2. The van der Waals surface area contributed by atoms with Gasteiger partial charge in [-0.15, -0.1) is 15.3 Å². The molecule has 11 heterocycles. The highest BCUT2D eigenvalue weighted by Crippen LogP contribution is 2.48. The van der Waals surface area contributed by atoms with Crippen molar-refractivity contribution >= 4 is 97.0 Å². The van der Waals surface area contributed by atoms with Gasteiger partial charge in [0.05, 0.1) is 117 Å². The van der Waals surface area contributed by atoms with E-state index in [9.17, 15) is 28.8 Å². The number of aromatic amines is 2. The van der Waals surface area contributed by atoms with Gasteiger partial charge in [0.2, 0.25) is 57.0 Å². The van der Waals surface area contributed by atoms with Gasteiger partial charge in [-0.3, -0.25) is 14.4 Å². The summed E-state index contributed by atoms with van der Waals surface area (Å²) in [4.78, 5) is 93.2. The number of carbonyl (C=O) groups excluding carboxylic acids is 3. The number of esters is 3. The van der Waals surface area contributed by atoms with Gasteiger partial charge in [0.25, 0.3) is 0 Å². The molecule has 0 aliphatic carbocycles. The monoisotopic (exact) mass is 1940 g/mol. The van der Waals surface area contributed by atoms with Crippen LogP contribution < -0.4 is 30.5 Å². The molecule has 16 aromatic rings. The van der Waals surface area contributed by atoms with Gasteiger partial charge in [0, 0.05) is 98.7 Å². The number of fused-ring (bicyclic) bond motifs is 11. The maximum Gasteiger partial charge on any atom is 0.343 e. The fraction of sp³-hybridized carbons (Fsp3) is 0.158. The van der Waals surface area contributed by atoms with Crippen LogP contribution in [0.25, 0.3) is 141 Å². The Hall–Kier alpha value is -17.2. The minimum absolute atomic E-state index is 0.000554. The van der Waals surface area contributed by atoms with Crippen molar-refractivity contribution in [2.75, 3.05) is 19.8 Å². The lowest BCUT2D eigenvalue weighted by Crippen LogP contribution is -2.21. The van der Waals surface area contributed by atoms with Crippen LogP contribution in [-0.4, -0.2) is 116 Å². The first-order valence-electron chi connectivity index (χ1n) is 42.1. The van der Waals surface area contributed by atoms with Crippen LogP contribution in [0.5, 0.6) is 17.2 Å². The van der Waals surface area contributed by atoms with Gasteiger partial charge < -0.3 is 52.1 Å². The van der Waals surface area contributed by atoms with Gasteiger partial charge in [-0.05, 0) is 145 Å². The van der Waals surface area contributed by atoms with Crippen LogP contribution in [-0.2, 0) is 53.7 Å². The summed E-state index contributed by atoms with van der Waals surface area (Å²) in [7, 11) is 0. The van der Waals surface area contributed by atoms with E-state index in [-0.39, 0.29) is 106 Å². The largest absolute Gasteiger partial charge is 0.481 e. The molecule has 2 N–H and O–H groups in total. The van der Waals surface area contributed by atoms with Crippen molar-refractivity contribution in [2.45, 2.75) is 81.0 Å². The molecule has 9 aromatic heterocycles. The third-order valence-corrected chi connectivity index (χ3v) is 22.8. The van der Waals surface area contributed by atoms with Crippen LogP contribution in [0.2, 0.25) is 0 Å². The summed E-state index contributed by atoms with van der Waals surface area (Å²) in [5, 5.41) is 23.6. The Morgan fingerprint density at radius 1 is 0.300 bits per heavy atom. The molecule has 7 aromatic carbocycles. The minimum Gasteiger partial charge on any atom is -0.481 e. The normalized spacial score (nSPS) is 11.9. The lowest BCUT2D eigenvalue weighted by Gasteiger charge is -2.14. The third kappa shape index (κ3) is 15.8. The molecule has 712 valence electrons. The van der Waals surface area contributed by atoms with Crippen molar-refractivity contribution in [1.82, 2.24) is 78.6 Å². The summed E-state index contributed by atoms with van der Waals surface area (Å²) >= 11 is 0. The van der Waals surface area contributed by atoms with Crippen LogP contribution in [0, 0.1) is 98.9 Å². The zero-order valence-corrected chi connectivity index (χ0v) is 72.7. The molecular weight excluding hydrogens is 1880 g/mol. The zero-order chi connectivity index (χ0) is 99.3. The highest BCUT2D eigenvalue weighted by atomic mass is 19.2. The van der Waals surface area contributed by atoms with E-state index in [4.69, 9.17) is 28.4 Å². The number of rotatable bonds is 25. The Balaban J connectivity index is 0.796. The molecule has 0 radical (unpaired) electrons. The predicted molar refractivity (Wildman–Crippen MR) is 467 cm³/mol.